The minimum atomic E-state index is -1.17. The van der Waals surface area contributed by atoms with Crippen molar-refractivity contribution >= 4 is 11.6 Å². The van der Waals surface area contributed by atoms with Crippen molar-refractivity contribution < 1.29 is 13.9 Å². The first-order valence-electron chi connectivity index (χ1n) is 5.72. The first-order valence-corrected chi connectivity index (χ1v) is 6.10. The van der Waals surface area contributed by atoms with Gasteiger partial charge >= 0.3 is 0 Å². The molecule has 2 aromatic rings. The highest BCUT2D eigenvalue weighted by Crippen LogP contribution is 2.26. The molecular weight excluding hydrogens is 272 g/mol. The van der Waals surface area contributed by atoms with E-state index in [1.807, 2.05) is 13.0 Å². The molecule has 1 aromatic heterocycles. The van der Waals surface area contributed by atoms with E-state index in [2.05, 4.69) is 4.98 Å². The molecule has 0 saturated carbocycles. The van der Waals surface area contributed by atoms with E-state index in [-0.39, 0.29) is 17.0 Å². The molecule has 1 atom stereocenters. The van der Waals surface area contributed by atoms with Crippen LogP contribution in [-0.4, -0.2) is 10.1 Å². The first-order chi connectivity index (χ1) is 8.99. The van der Waals surface area contributed by atoms with Gasteiger partial charge in [-0.3, -0.25) is 4.98 Å². The Hall–Kier alpha value is -1.52. The standard InChI is InChI=1S/C14H12ClF2NO/c1-8-3-2-4-18-13(8)7-14(19)9-5-12(17)10(15)6-11(9)16/h2-6,14,19H,7H2,1H3. The molecule has 0 saturated heterocycles. The molecule has 0 aliphatic carbocycles. The van der Waals surface area contributed by atoms with Crippen LogP contribution in [0.25, 0.3) is 0 Å². The zero-order valence-corrected chi connectivity index (χ0v) is 11.0. The van der Waals surface area contributed by atoms with Crippen LogP contribution >= 0.6 is 11.6 Å². The summed E-state index contributed by atoms with van der Waals surface area (Å²) in [5.41, 5.74) is 1.41. The summed E-state index contributed by atoms with van der Waals surface area (Å²) in [6.45, 7) is 1.84. The molecule has 0 radical (unpaired) electrons. The van der Waals surface area contributed by atoms with Gasteiger partial charge in [0.15, 0.2) is 0 Å². The van der Waals surface area contributed by atoms with Gasteiger partial charge in [-0.1, -0.05) is 17.7 Å². The number of benzene rings is 1. The Kier molecular flexibility index (Phi) is 4.12. The lowest BCUT2D eigenvalue weighted by atomic mass is 10.0. The number of aliphatic hydroxyl groups excluding tert-OH is 1. The van der Waals surface area contributed by atoms with Crippen molar-refractivity contribution in [3.8, 4) is 0 Å². The van der Waals surface area contributed by atoms with Crippen LogP contribution in [0.4, 0.5) is 8.78 Å². The number of hydrogen-bond acceptors (Lipinski definition) is 2. The Bertz CT molecular complexity index is 604. The van der Waals surface area contributed by atoms with Crippen LogP contribution in [-0.2, 0) is 6.42 Å². The quantitative estimate of drug-likeness (QED) is 0.873. The predicted octanol–water partition coefficient (Wildman–Crippen LogP) is 3.60. The molecule has 5 heteroatoms. The average molecular weight is 284 g/mol. The van der Waals surface area contributed by atoms with Crippen molar-refractivity contribution in [2.24, 2.45) is 0 Å². The molecule has 0 amide bonds. The minimum Gasteiger partial charge on any atom is -0.388 e. The van der Waals surface area contributed by atoms with Gasteiger partial charge in [0.25, 0.3) is 0 Å². The number of pyridine rings is 1. The smallest absolute Gasteiger partial charge is 0.142 e. The first kappa shape index (κ1) is 13.9. The van der Waals surface area contributed by atoms with Gasteiger partial charge in [0.1, 0.15) is 11.6 Å². The minimum absolute atomic E-state index is 0.116. The number of rotatable bonds is 3. The molecular formula is C14H12ClF2NO. The molecule has 2 nitrogen and oxygen atoms in total. The van der Waals surface area contributed by atoms with Crippen LogP contribution in [0.1, 0.15) is 22.9 Å². The molecule has 19 heavy (non-hydrogen) atoms. The summed E-state index contributed by atoms with van der Waals surface area (Å²) in [6, 6.07) is 5.39. The maximum Gasteiger partial charge on any atom is 0.142 e. The molecule has 0 spiro atoms. The van der Waals surface area contributed by atoms with E-state index >= 15 is 0 Å². The molecule has 2 rings (SSSR count). The zero-order valence-electron chi connectivity index (χ0n) is 10.2. The van der Waals surface area contributed by atoms with Gasteiger partial charge in [0.05, 0.1) is 11.1 Å². The van der Waals surface area contributed by atoms with Gasteiger partial charge in [-0.05, 0) is 30.7 Å². The van der Waals surface area contributed by atoms with E-state index < -0.39 is 17.7 Å². The Labute approximate surface area is 114 Å². The molecule has 1 unspecified atom stereocenters. The van der Waals surface area contributed by atoms with E-state index in [9.17, 15) is 13.9 Å². The monoisotopic (exact) mass is 283 g/mol. The summed E-state index contributed by atoms with van der Waals surface area (Å²) in [6.07, 6.45) is 0.541. The summed E-state index contributed by atoms with van der Waals surface area (Å²) in [5, 5.41) is 9.70. The Morgan fingerprint density at radius 2 is 2.05 bits per heavy atom. The van der Waals surface area contributed by atoms with Gasteiger partial charge < -0.3 is 5.11 Å². The highest BCUT2D eigenvalue weighted by atomic mass is 35.5. The molecule has 1 N–H and O–H groups in total. The van der Waals surface area contributed by atoms with Crippen LogP contribution < -0.4 is 0 Å². The van der Waals surface area contributed by atoms with Crippen molar-refractivity contribution in [1.82, 2.24) is 4.98 Å². The van der Waals surface area contributed by atoms with Gasteiger partial charge in [0, 0.05) is 23.9 Å². The normalized spacial score (nSPS) is 12.5. The van der Waals surface area contributed by atoms with Crippen LogP contribution in [0.15, 0.2) is 30.5 Å². The maximum absolute atomic E-state index is 13.7. The second-order valence-electron chi connectivity index (χ2n) is 4.27. The fourth-order valence-electron chi connectivity index (χ4n) is 1.82. The van der Waals surface area contributed by atoms with Crippen molar-refractivity contribution in [2.75, 3.05) is 0 Å². The number of aliphatic hydroxyl groups is 1. The van der Waals surface area contributed by atoms with E-state index in [0.717, 1.165) is 17.7 Å². The summed E-state index contributed by atoms with van der Waals surface area (Å²) in [7, 11) is 0. The highest BCUT2D eigenvalue weighted by molar-refractivity contribution is 6.30. The van der Waals surface area contributed by atoms with Crippen molar-refractivity contribution in [3.63, 3.8) is 0 Å². The van der Waals surface area contributed by atoms with Crippen LogP contribution in [0.2, 0.25) is 5.02 Å². The van der Waals surface area contributed by atoms with Gasteiger partial charge in [-0.15, -0.1) is 0 Å². The molecule has 100 valence electrons. The number of hydrogen-bond donors (Lipinski definition) is 1. The van der Waals surface area contributed by atoms with Crippen molar-refractivity contribution in [3.05, 3.63) is 63.9 Å². The third-order valence-electron chi connectivity index (χ3n) is 2.90. The molecule has 1 aromatic carbocycles. The number of aryl methyl sites for hydroxylation is 1. The average Bonchev–Trinajstić information content (AvgIpc) is 2.36. The van der Waals surface area contributed by atoms with Crippen LogP contribution in [0.5, 0.6) is 0 Å². The fraction of sp³-hybridized carbons (Fsp3) is 0.214. The fourth-order valence-corrected chi connectivity index (χ4v) is 1.97. The summed E-state index contributed by atoms with van der Waals surface area (Å²) in [4.78, 5) is 4.11. The second-order valence-corrected chi connectivity index (χ2v) is 4.68. The lowest BCUT2D eigenvalue weighted by Crippen LogP contribution is -2.07. The third-order valence-corrected chi connectivity index (χ3v) is 3.19. The zero-order chi connectivity index (χ0) is 14.0. The van der Waals surface area contributed by atoms with Crippen molar-refractivity contribution in [2.45, 2.75) is 19.4 Å². The largest absolute Gasteiger partial charge is 0.388 e. The molecule has 0 bridgehead atoms. The molecule has 0 aliphatic rings. The summed E-state index contributed by atoms with van der Waals surface area (Å²) < 4.78 is 27.0. The van der Waals surface area contributed by atoms with Gasteiger partial charge in [-0.2, -0.15) is 0 Å². The van der Waals surface area contributed by atoms with Gasteiger partial charge in [0.2, 0.25) is 0 Å². The third kappa shape index (κ3) is 3.08. The Balaban J connectivity index is 2.28. The lowest BCUT2D eigenvalue weighted by molar-refractivity contribution is 0.171. The van der Waals surface area contributed by atoms with E-state index in [1.54, 1.807) is 12.3 Å². The number of aromatic nitrogens is 1. The summed E-state index contributed by atoms with van der Waals surface area (Å²) >= 11 is 5.47. The Morgan fingerprint density at radius 1 is 1.32 bits per heavy atom. The lowest BCUT2D eigenvalue weighted by Gasteiger charge is -2.13. The topological polar surface area (TPSA) is 33.1 Å². The molecule has 0 fully saturated rings. The van der Waals surface area contributed by atoms with E-state index in [1.165, 1.54) is 0 Å². The predicted molar refractivity (Wildman–Crippen MR) is 69.0 cm³/mol. The highest BCUT2D eigenvalue weighted by Gasteiger charge is 2.17. The molecule has 1 heterocycles. The van der Waals surface area contributed by atoms with Crippen molar-refractivity contribution in [1.29, 1.82) is 0 Å². The number of nitrogens with zero attached hydrogens (tertiary/aromatic N) is 1. The number of halogens is 3. The van der Waals surface area contributed by atoms with Crippen LogP contribution in [0, 0.1) is 18.6 Å². The van der Waals surface area contributed by atoms with E-state index in [4.69, 9.17) is 11.6 Å². The Morgan fingerprint density at radius 3 is 2.74 bits per heavy atom. The van der Waals surface area contributed by atoms with Gasteiger partial charge in [-0.25, -0.2) is 8.78 Å². The SMILES string of the molecule is Cc1cccnc1CC(O)c1cc(F)c(Cl)cc1F. The van der Waals surface area contributed by atoms with E-state index in [0.29, 0.717) is 5.69 Å². The van der Waals surface area contributed by atoms with Crippen LogP contribution in [0.3, 0.4) is 0 Å². The molecule has 0 aliphatic heterocycles. The summed E-state index contributed by atoms with van der Waals surface area (Å²) in [5.74, 6) is -1.48. The second kappa shape index (κ2) is 5.63. The maximum atomic E-state index is 13.7.